The van der Waals surface area contributed by atoms with Crippen LogP contribution >= 0.6 is 0 Å². The molecule has 1 aliphatic heterocycles. The molecule has 1 aromatic heterocycles. The second-order valence-corrected chi connectivity index (χ2v) is 6.68. The predicted molar refractivity (Wildman–Crippen MR) is 89.3 cm³/mol. The smallest absolute Gasteiger partial charge is 0.125 e. The molecule has 0 aliphatic carbocycles. The zero-order valence-corrected chi connectivity index (χ0v) is 13.3. The predicted octanol–water partition coefficient (Wildman–Crippen LogP) is 4.08. The molecule has 0 unspecified atom stereocenters. The van der Waals surface area contributed by atoms with Crippen molar-refractivity contribution in [2.75, 3.05) is 0 Å². The fourth-order valence-electron chi connectivity index (χ4n) is 3.13. The lowest BCUT2D eigenvalue weighted by Gasteiger charge is -2.28. The van der Waals surface area contributed by atoms with Gasteiger partial charge in [-0.15, -0.1) is 10.2 Å². The highest BCUT2D eigenvalue weighted by Crippen LogP contribution is 2.30. The van der Waals surface area contributed by atoms with Gasteiger partial charge in [-0.1, -0.05) is 0 Å². The first-order valence-corrected chi connectivity index (χ1v) is 7.73. The monoisotopic (exact) mass is 323 g/mol. The summed E-state index contributed by atoms with van der Waals surface area (Å²) in [5.74, 6) is -0.604. The van der Waals surface area contributed by atoms with Crippen LogP contribution in [0.1, 0.15) is 30.7 Å². The van der Waals surface area contributed by atoms with E-state index < -0.39 is 0 Å². The Balaban J connectivity index is 1.91. The lowest BCUT2D eigenvalue weighted by atomic mass is 9.86. The van der Waals surface area contributed by atoms with Gasteiger partial charge in [0.25, 0.3) is 0 Å². The van der Waals surface area contributed by atoms with Gasteiger partial charge < -0.3 is 0 Å². The molecule has 0 saturated carbocycles. The van der Waals surface area contributed by atoms with Crippen LogP contribution < -0.4 is 0 Å². The van der Waals surface area contributed by atoms with Crippen molar-refractivity contribution in [2.24, 2.45) is 4.99 Å². The van der Waals surface area contributed by atoms with Crippen LogP contribution in [-0.4, -0.2) is 21.4 Å². The summed E-state index contributed by atoms with van der Waals surface area (Å²) in [5, 5.41) is 9.12. The van der Waals surface area contributed by atoms with Crippen LogP contribution in [0.3, 0.4) is 0 Å². The summed E-state index contributed by atoms with van der Waals surface area (Å²) < 4.78 is 26.9. The molecule has 0 fully saturated rings. The largest absolute Gasteiger partial charge is 0.276 e. The Hall–Kier alpha value is -2.69. The number of rotatable bonds is 1. The van der Waals surface area contributed by atoms with Crippen LogP contribution in [0, 0.1) is 11.6 Å². The molecule has 0 radical (unpaired) electrons. The van der Waals surface area contributed by atoms with Crippen molar-refractivity contribution in [1.29, 1.82) is 0 Å². The number of benzene rings is 2. The van der Waals surface area contributed by atoms with Gasteiger partial charge in [0.1, 0.15) is 17.3 Å². The molecule has 1 aliphatic rings. The number of aromatic nitrogens is 2. The van der Waals surface area contributed by atoms with Gasteiger partial charge in [-0.3, -0.25) is 4.99 Å². The molecule has 4 rings (SSSR count). The second kappa shape index (κ2) is 5.16. The summed E-state index contributed by atoms with van der Waals surface area (Å²) in [7, 11) is 0. The average molecular weight is 323 g/mol. The topological polar surface area (TPSA) is 38.1 Å². The maximum atomic E-state index is 13.6. The van der Waals surface area contributed by atoms with Gasteiger partial charge in [0.05, 0.1) is 16.8 Å². The van der Waals surface area contributed by atoms with Crippen molar-refractivity contribution in [3.8, 4) is 0 Å². The highest BCUT2D eigenvalue weighted by atomic mass is 19.1. The number of hydrogen-bond donors (Lipinski definition) is 0. The molecule has 0 amide bonds. The summed E-state index contributed by atoms with van der Waals surface area (Å²) in [6.45, 7) is 4.01. The van der Waals surface area contributed by atoms with Crippen LogP contribution in [0.2, 0.25) is 0 Å². The Kier molecular flexibility index (Phi) is 3.20. The van der Waals surface area contributed by atoms with E-state index in [1.165, 1.54) is 18.2 Å². The SMILES string of the molecule is CC1(C)Cc2cc(F)ccc2C(c2cc3ccc(F)cc3nn2)=N1. The van der Waals surface area contributed by atoms with Crippen molar-refractivity contribution >= 4 is 16.6 Å². The Bertz CT molecular complexity index is 993. The number of nitrogens with zero attached hydrogens (tertiary/aromatic N) is 3. The lowest BCUT2D eigenvalue weighted by Crippen LogP contribution is -2.30. The second-order valence-electron chi connectivity index (χ2n) is 6.68. The molecule has 0 bridgehead atoms. The fourth-order valence-corrected chi connectivity index (χ4v) is 3.13. The Labute approximate surface area is 138 Å². The molecule has 3 nitrogen and oxygen atoms in total. The van der Waals surface area contributed by atoms with Crippen molar-refractivity contribution in [1.82, 2.24) is 10.2 Å². The molecule has 2 aromatic carbocycles. The number of hydrogen-bond acceptors (Lipinski definition) is 3. The van der Waals surface area contributed by atoms with Crippen molar-refractivity contribution < 1.29 is 8.78 Å². The van der Waals surface area contributed by atoms with Gasteiger partial charge in [-0.05, 0) is 62.2 Å². The molecule has 0 N–H and O–H groups in total. The van der Waals surface area contributed by atoms with Gasteiger partial charge in [0.2, 0.25) is 0 Å². The molecule has 2 heterocycles. The van der Waals surface area contributed by atoms with Gasteiger partial charge >= 0.3 is 0 Å². The van der Waals surface area contributed by atoms with Crippen LogP contribution in [0.5, 0.6) is 0 Å². The molecule has 5 heteroatoms. The van der Waals surface area contributed by atoms with Gasteiger partial charge in [0, 0.05) is 17.0 Å². The van der Waals surface area contributed by atoms with Crippen LogP contribution in [-0.2, 0) is 6.42 Å². The zero-order valence-electron chi connectivity index (χ0n) is 13.3. The third kappa shape index (κ3) is 2.56. The van der Waals surface area contributed by atoms with Crippen LogP contribution in [0.4, 0.5) is 8.78 Å². The first-order chi connectivity index (χ1) is 11.4. The minimum absolute atomic E-state index is 0.258. The molecule has 0 saturated heterocycles. The first-order valence-electron chi connectivity index (χ1n) is 7.73. The summed E-state index contributed by atoms with van der Waals surface area (Å²) in [6.07, 6.45) is 0.663. The molecule has 24 heavy (non-hydrogen) atoms. The molecular weight excluding hydrogens is 308 g/mol. The van der Waals surface area contributed by atoms with Crippen LogP contribution in [0.15, 0.2) is 47.5 Å². The van der Waals surface area contributed by atoms with E-state index in [0.717, 1.165) is 16.5 Å². The van der Waals surface area contributed by atoms with Gasteiger partial charge in [-0.2, -0.15) is 0 Å². The van der Waals surface area contributed by atoms with E-state index in [4.69, 9.17) is 4.99 Å². The normalized spacial score (nSPS) is 15.9. The zero-order chi connectivity index (χ0) is 16.9. The van der Waals surface area contributed by atoms with Crippen molar-refractivity contribution in [2.45, 2.75) is 25.8 Å². The first kappa shape index (κ1) is 14.9. The Morgan fingerprint density at radius 2 is 1.67 bits per heavy atom. The standard InChI is InChI=1S/C19H15F2N3/c1-19(2)10-12-7-13(20)5-6-15(12)18(22-19)17-8-11-3-4-14(21)9-16(11)23-24-17/h3-9H,10H2,1-2H3. The number of aliphatic imine (C=N–C) groups is 1. The molecule has 3 aromatic rings. The minimum atomic E-state index is -0.352. The molecule has 0 spiro atoms. The van der Waals surface area contributed by atoms with E-state index in [0.29, 0.717) is 23.3 Å². The van der Waals surface area contributed by atoms with Gasteiger partial charge in [0.15, 0.2) is 0 Å². The maximum absolute atomic E-state index is 13.6. The highest BCUT2D eigenvalue weighted by Gasteiger charge is 2.28. The van der Waals surface area contributed by atoms with E-state index >= 15 is 0 Å². The van der Waals surface area contributed by atoms with Crippen molar-refractivity contribution in [3.63, 3.8) is 0 Å². The minimum Gasteiger partial charge on any atom is -0.276 e. The number of fused-ring (bicyclic) bond motifs is 2. The Morgan fingerprint density at radius 3 is 2.50 bits per heavy atom. The van der Waals surface area contributed by atoms with E-state index in [1.54, 1.807) is 18.2 Å². The molecular formula is C19H15F2N3. The third-order valence-corrected chi connectivity index (χ3v) is 4.15. The Morgan fingerprint density at radius 1 is 0.917 bits per heavy atom. The number of halogens is 2. The third-order valence-electron chi connectivity index (χ3n) is 4.15. The van der Waals surface area contributed by atoms with E-state index in [-0.39, 0.29) is 17.2 Å². The van der Waals surface area contributed by atoms with Gasteiger partial charge in [-0.25, -0.2) is 8.78 Å². The molecule has 0 atom stereocenters. The fraction of sp³-hybridized carbons (Fsp3) is 0.211. The highest BCUT2D eigenvalue weighted by molar-refractivity contribution is 6.14. The lowest BCUT2D eigenvalue weighted by molar-refractivity contribution is 0.510. The maximum Gasteiger partial charge on any atom is 0.125 e. The average Bonchev–Trinajstić information content (AvgIpc) is 2.52. The summed E-state index contributed by atoms with van der Waals surface area (Å²) in [5.41, 5.74) is 3.22. The van der Waals surface area contributed by atoms with E-state index in [1.807, 2.05) is 19.9 Å². The molecule has 120 valence electrons. The van der Waals surface area contributed by atoms with Crippen LogP contribution in [0.25, 0.3) is 10.9 Å². The summed E-state index contributed by atoms with van der Waals surface area (Å²) >= 11 is 0. The van der Waals surface area contributed by atoms with E-state index in [9.17, 15) is 8.78 Å². The van der Waals surface area contributed by atoms with E-state index in [2.05, 4.69) is 10.2 Å². The van der Waals surface area contributed by atoms with Crippen molar-refractivity contribution in [3.05, 3.63) is 70.9 Å². The quantitative estimate of drug-likeness (QED) is 0.677. The summed E-state index contributed by atoms with van der Waals surface area (Å²) in [4.78, 5) is 4.80. The summed E-state index contributed by atoms with van der Waals surface area (Å²) in [6, 6.07) is 11.0.